The molecule has 0 aromatic heterocycles. The van der Waals surface area contributed by atoms with Gasteiger partial charge in [-0.2, -0.15) is 0 Å². The van der Waals surface area contributed by atoms with Crippen LogP contribution in [0.1, 0.15) is 65.7 Å². The molecule has 0 heterocycles. The molecule has 0 saturated carbocycles. The Morgan fingerprint density at radius 3 is 2.67 bits per heavy atom. The SMILES string of the molecule is CCC(CC)O[C@@H]1C=C(P(=O)(O)OCCCCCCN=[N+]=[N-])C[C@H](N)[C@H]1NC(C)=O. The Kier molecular flexibility index (Phi) is 12.3. The molecule has 0 aromatic carbocycles. The molecule has 0 fully saturated rings. The zero-order valence-corrected chi connectivity index (χ0v) is 19.1. The number of nitrogens with zero attached hydrogens (tertiary/aromatic N) is 3. The average Bonchev–Trinajstić information content (AvgIpc) is 2.69. The molecular weight excluding hydrogens is 409 g/mol. The number of rotatable bonds is 14. The second-order valence-electron chi connectivity index (χ2n) is 7.51. The molecule has 0 aromatic rings. The van der Waals surface area contributed by atoms with Gasteiger partial charge in [0.15, 0.2) is 0 Å². The van der Waals surface area contributed by atoms with E-state index >= 15 is 0 Å². The Bertz CT molecular complexity index is 664. The number of nitrogens with one attached hydrogen (secondary N) is 1. The minimum absolute atomic E-state index is 0.0431. The van der Waals surface area contributed by atoms with Crippen molar-refractivity contribution in [2.75, 3.05) is 13.2 Å². The molecule has 0 bridgehead atoms. The fraction of sp³-hybridized carbons (Fsp3) is 0.842. The summed E-state index contributed by atoms with van der Waals surface area (Å²) in [7, 11) is -4.01. The number of amides is 1. The van der Waals surface area contributed by atoms with E-state index in [1.807, 2.05) is 13.8 Å². The maximum Gasteiger partial charge on any atom is 0.354 e. The molecule has 0 radical (unpaired) electrons. The topological polar surface area (TPSA) is 160 Å². The third-order valence-electron chi connectivity index (χ3n) is 5.09. The Labute approximate surface area is 178 Å². The Morgan fingerprint density at radius 1 is 1.40 bits per heavy atom. The first-order valence-corrected chi connectivity index (χ1v) is 12.2. The summed E-state index contributed by atoms with van der Waals surface area (Å²) in [6.07, 6.45) is 5.75. The maximum atomic E-state index is 12.8. The summed E-state index contributed by atoms with van der Waals surface area (Å²) in [5.41, 5.74) is 14.5. The Balaban J connectivity index is 2.75. The van der Waals surface area contributed by atoms with Crippen LogP contribution in [0, 0.1) is 0 Å². The van der Waals surface area contributed by atoms with Crippen LogP contribution < -0.4 is 11.1 Å². The number of azide groups is 1. The lowest BCUT2D eigenvalue weighted by Crippen LogP contribution is -2.56. The van der Waals surface area contributed by atoms with Crippen molar-refractivity contribution in [1.82, 2.24) is 5.32 Å². The molecular formula is C19H36N5O5P. The minimum atomic E-state index is -4.01. The molecule has 1 rings (SSSR count). The Hall–Kier alpha value is -1.41. The molecule has 30 heavy (non-hydrogen) atoms. The number of nitrogens with two attached hydrogens (primary N) is 1. The lowest BCUT2D eigenvalue weighted by molar-refractivity contribution is -0.121. The van der Waals surface area contributed by atoms with Gasteiger partial charge in [0, 0.05) is 29.7 Å². The summed E-state index contributed by atoms with van der Waals surface area (Å²) < 4.78 is 24.2. The summed E-state index contributed by atoms with van der Waals surface area (Å²) in [6.45, 7) is 6.01. The molecule has 1 aliphatic carbocycles. The summed E-state index contributed by atoms with van der Waals surface area (Å²) in [5, 5.41) is 6.51. The standard InChI is InChI=1S/C19H36N5O5P/c1-4-15(5-2)29-18-13-16(12-17(20)19(18)23-14(3)25)30(26,27)28-11-9-7-6-8-10-22-24-21/h13,15,17-19H,4-12,20H2,1-3H3,(H,23,25)(H,26,27)/t17-,18+,19+/m0/s1. The van der Waals surface area contributed by atoms with E-state index in [0.29, 0.717) is 13.0 Å². The van der Waals surface area contributed by atoms with E-state index in [1.165, 1.54) is 6.92 Å². The van der Waals surface area contributed by atoms with E-state index < -0.39 is 25.8 Å². The summed E-state index contributed by atoms with van der Waals surface area (Å²) >= 11 is 0. The molecule has 11 heteroatoms. The predicted octanol–water partition coefficient (Wildman–Crippen LogP) is 3.75. The van der Waals surface area contributed by atoms with Crippen LogP contribution >= 0.6 is 7.60 Å². The van der Waals surface area contributed by atoms with Gasteiger partial charge in [-0.1, -0.05) is 31.8 Å². The fourth-order valence-electron chi connectivity index (χ4n) is 3.39. The van der Waals surface area contributed by atoms with Gasteiger partial charge in [-0.15, -0.1) is 0 Å². The van der Waals surface area contributed by atoms with Gasteiger partial charge < -0.3 is 25.2 Å². The smallest absolute Gasteiger partial charge is 0.354 e. The van der Waals surface area contributed by atoms with Crippen molar-refractivity contribution in [3.63, 3.8) is 0 Å². The molecule has 0 saturated heterocycles. The first kappa shape index (κ1) is 26.6. The monoisotopic (exact) mass is 445 g/mol. The lowest BCUT2D eigenvalue weighted by Gasteiger charge is -2.37. The second-order valence-corrected chi connectivity index (χ2v) is 9.39. The molecule has 0 spiro atoms. The van der Waals surface area contributed by atoms with E-state index in [4.69, 9.17) is 20.5 Å². The van der Waals surface area contributed by atoms with Gasteiger partial charge in [0.2, 0.25) is 5.91 Å². The fourth-order valence-corrected chi connectivity index (χ4v) is 4.71. The van der Waals surface area contributed by atoms with E-state index in [0.717, 1.165) is 32.1 Å². The zero-order valence-electron chi connectivity index (χ0n) is 18.2. The van der Waals surface area contributed by atoms with Crippen LogP contribution in [-0.4, -0.2) is 48.2 Å². The van der Waals surface area contributed by atoms with Crippen LogP contribution in [0.5, 0.6) is 0 Å². The molecule has 1 unspecified atom stereocenters. The van der Waals surface area contributed by atoms with Gasteiger partial charge in [-0.05, 0) is 43.7 Å². The average molecular weight is 446 g/mol. The zero-order chi connectivity index (χ0) is 22.6. The first-order chi connectivity index (χ1) is 14.2. The number of hydrogen-bond acceptors (Lipinski definition) is 6. The van der Waals surface area contributed by atoms with Gasteiger partial charge in [0.05, 0.1) is 24.9 Å². The highest BCUT2D eigenvalue weighted by Gasteiger charge is 2.39. The molecule has 4 N–H and O–H groups in total. The highest BCUT2D eigenvalue weighted by atomic mass is 31.2. The third-order valence-corrected chi connectivity index (χ3v) is 6.68. The highest BCUT2D eigenvalue weighted by molar-refractivity contribution is 7.57. The number of hydrogen-bond donors (Lipinski definition) is 3. The minimum Gasteiger partial charge on any atom is -0.369 e. The van der Waals surface area contributed by atoms with E-state index in [2.05, 4.69) is 15.3 Å². The largest absolute Gasteiger partial charge is 0.369 e. The van der Waals surface area contributed by atoms with E-state index in [1.54, 1.807) is 6.08 Å². The van der Waals surface area contributed by atoms with Crippen LogP contribution in [0.4, 0.5) is 0 Å². The van der Waals surface area contributed by atoms with Crippen LogP contribution in [0.15, 0.2) is 16.5 Å². The number of unbranched alkanes of at least 4 members (excludes halogenated alkanes) is 3. The van der Waals surface area contributed by atoms with Crippen molar-refractivity contribution in [2.24, 2.45) is 10.8 Å². The van der Waals surface area contributed by atoms with Gasteiger partial charge in [0.1, 0.15) is 0 Å². The summed E-state index contributed by atoms with van der Waals surface area (Å²) in [6, 6.07) is -1.03. The van der Waals surface area contributed by atoms with Crippen LogP contribution in [0.2, 0.25) is 0 Å². The quantitative estimate of drug-likeness (QED) is 0.121. The van der Waals surface area contributed by atoms with E-state index in [-0.39, 0.29) is 30.4 Å². The predicted molar refractivity (Wildman–Crippen MR) is 116 cm³/mol. The van der Waals surface area contributed by atoms with Crippen molar-refractivity contribution >= 4 is 13.5 Å². The molecule has 172 valence electrons. The van der Waals surface area contributed by atoms with E-state index in [9.17, 15) is 14.3 Å². The van der Waals surface area contributed by atoms with Crippen molar-refractivity contribution in [2.45, 2.75) is 90.0 Å². The van der Waals surface area contributed by atoms with Gasteiger partial charge in [-0.25, -0.2) is 0 Å². The molecule has 1 aliphatic rings. The van der Waals surface area contributed by atoms with Crippen LogP contribution in [0.25, 0.3) is 10.4 Å². The first-order valence-electron chi connectivity index (χ1n) is 10.6. The summed E-state index contributed by atoms with van der Waals surface area (Å²) in [5.74, 6) is -0.227. The lowest BCUT2D eigenvalue weighted by atomic mass is 9.93. The van der Waals surface area contributed by atoms with Gasteiger partial charge >= 0.3 is 7.60 Å². The molecule has 1 amide bonds. The number of carbonyl (C=O) groups excluding carboxylic acids is 1. The highest BCUT2D eigenvalue weighted by Crippen LogP contribution is 2.54. The molecule has 0 aliphatic heterocycles. The normalized spacial score (nSPS) is 23.4. The molecule has 4 atom stereocenters. The van der Waals surface area contributed by atoms with Gasteiger partial charge in [-0.3, -0.25) is 9.36 Å². The number of carbonyl (C=O) groups is 1. The maximum absolute atomic E-state index is 12.8. The third kappa shape index (κ3) is 9.16. The van der Waals surface area contributed by atoms with Crippen LogP contribution in [-0.2, 0) is 18.6 Å². The number of ether oxygens (including phenoxy) is 1. The van der Waals surface area contributed by atoms with Crippen molar-refractivity contribution in [3.05, 3.63) is 21.8 Å². The summed E-state index contributed by atoms with van der Waals surface area (Å²) in [4.78, 5) is 24.8. The van der Waals surface area contributed by atoms with Crippen molar-refractivity contribution < 1.29 is 23.5 Å². The Morgan fingerprint density at radius 2 is 2.07 bits per heavy atom. The van der Waals surface area contributed by atoms with Gasteiger partial charge in [0.25, 0.3) is 0 Å². The van der Waals surface area contributed by atoms with Crippen molar-refractivity contribution in [3.8, 4) is 0 Å². The second kappa shape index (κ2) is 13.8. The van der Waals surface area contributed by atoms with Crippen molar-refractivity contribution in [1.29, 1.82) is 0 Å². The molecule has 10 nitrogen and oxygen atoms in total. The van der Waals surface area contributed by atoms with Crippen LogP contribution in [0.3, 0.4) is 0 Å².